The van der Waals surface area contributed by atoms with E-state index < -0.39 is 0 Å². The van der Waals surface area contributed by atoms with Gasteiger partial charge in [-0.3, -0.25) is 4.79 Å². The molecule has 2 aromatic rings. The highest BCUT2D eigenvalue weighted by atomic mass is 79.9. The molecule has 0 bridgehead atoms. The summed E-state index contributed by atoms with van der Waals surface area (Å²) < 4.78 is 1.06. The fourth-order valence-electron chi connectivity index (χ4n) is 2.14. The lowest BCUT2D eigenvalue weighted by atomic mass is 10.0. The minimum atomic E-state index is -0.0308. The SMILES string of the molecule is CC[C@@H](NCC(=O)Nc1ccccc1)c1ccc(Br)cc1. The number of carbonyl (C=O) groups excluding carboxylic acids is 1. The number of hydrogen-bond donors (Lipinski definition) is 2. The first-order chi connectivity index (χ1) is 10.2. The van der Waals surface area contributed by atoms with Crippen LogP contribution in [-0.4, -0.2) is 12.5 Å². The summed E-state index contributed by atoms with van der Waals surface area (Å²) in [4.78, 5) is 11.9. The first-order valence-electron chi connectivity index (χ1n) is 7.02. The molecule has 0 aliphatic heterocycles. The van der Waals surface area contributed by atoms with Crippen LogP contribution in [0, 0.1) is 0 Å². The van der Waals surface area contributed by atoms with Gasteiger partial charge in [-0.1, -0.05) is 53.2 Å². The Morgan fingerprint density at radius 1 is 1.10 bits per heavy atom. The van der Waals surface area contributed by atoms with Crippen LogP contribution in [-0.2, 0) is 4.79 Å². The van der Waals surface area contributed by atoms with Crippen molar-refractivity contribution in [2.24, 2.45) is 0 Å². The molecule has 2 aromatic carbocycles. The smallest absolute Gasteiger partial charge is 0.238 e. The van der Waals surface area contributed by atoms with Crippen molar-refractivity contribution in [1.82, 2.24) is 5.32 Å². The molecule has 1 atom stereocenters. The maximum Gasteiger partial charge on any atom is 0.238 e. The van der Waals surface area contributed by atoms with Crippen molar-refractivity contribution >= 4 is 27.5 Å². The van der Waals surface area contributed by atoms with Crippen LogP contribution in [0.2, 0.25) is 0 Å². The molecule has 3 nitrogen and oxygen atoms in total. The minimum Gasteiger partial charge on any atom is -0.325 e. The maximum absolute atomic E-state index is 11.9. The lowest BCUT2D eigenvalue weighted by molar-refractivity contribution is -0.115. The molecule has 0 unspecified atom stereocenters. The second-order valence-electron chi connectivity index (χ2n) is 4.81. The van der Waals surface area contributed by atoms with Crippen LogP contribution in [0.4, 0.5) is 5.69 Å². The van der Waals surface area contributed by atoms with Gasteiger partial charge in [0.25, 0.3) is 0 Å². The molecule has 1 amide bonds. The summed E-state index contributed by atoms with van der Waals surface area (Å²) in [5, 5.41) is 6.17. The molecule has 0 saturated heterocycles. The van der Waals surface area contributed by atoms with Crippen LogP contribution in [0.1, 0.15) is 24.9 Å². The van der Waals surface area contributed by atoms with Crippen molar-refractivity contribution in [2.45, 2.75) is 19.4 Å². The van der Waals surface area contributed by atoms with E-state index in [0.29, 0.717) is 6.54 Å². The van der Waals surface area contributed by atoms with Gasteiger partial charge in [0.2, 0.25) is 5.91 Å². The predicted octanol–water partition coefficient (Wildman–Crippen LogP) is 4.13. The minimum absolute atomic E-state index is 0.0308. The summed E-state index contributed by atoms with van der Waals surface area (Å²) in [5.74, 6) is -0.0308. The highest BCUT2D eigenvalue weighted by Gasteiger charge is 2.10. The third-order valence-corrected chi connectivity index (χ3v) is 3.78. The van der Waals surface area contributed by atoms with E-state index in [4.69, 9.17) is 0 Å². The van der Waals surface area contributed by atoms with Gasteiger partial charge in [0.1, 0.15) is 0 Å². The van der Waals surface area contributed by atoms with Gasteiger partial charge in [-0.05, 0) is 36.2 Å². The van der Waals surface area contributed by atoms with Gasteiger partial charge in [0.05, 0.1) is 6.54 Å². The fraction of sp³-hybridized carbons (Fsp3) is 0.235. The summed E-state index contributed by atoms with van der Waals surface area (Å²) in [6.07, 6.45) is 0.931. The molecule has 0 spiro atoms. The van der Waals surface area contributed by atoms with Gasteiger partial charge in [-0.2, -0.15) is 0 Å². The van der Waals surface area contributed by atoms with Crippen molar-refractivity contribution in [1.29, 1.82) is 0 Å². The first kappa shape index (κ1) is 15.7. The zero-order valence-electron chi connectivity index (χ0n) is 12.0. The predicted molar refractivity (Wildman–Crippen MR) is 90.2 cm³/mol. The molecule has 2 N–H and O–H groups in total. The first-order valence-corrected chi connectivity index (χ1v) is 7.82. The summed E-state index contributed by atoms with van der Waals surface area (Å²) in [7, 11) is 0. The fourth-order valence-corrected chi connectivity index (χ4v) is 2.40. The van der Waals surface area contributed by atoms with Gasteiger partial charge in [-0.15, -0.1) is 0 Å². The zero-order chi connectivity index (χ0) is 15.1. The van der Waals surface area contributed by atoms with E-state index in [-0.39, 0.29) is 11.9 Å². The van der Waals surface area contributed by atoms with E-state index in [2.05, 4.69) is 45.6 Å². The van der Waals surface area contributed by atoms with E-state index in [1.54, 1.807) is 0 Å². The molecule has 0 fully saturated rings. The Balaban J connectivity index is 1.88. The van der Waals surface area contributed by atoms with Crippen LogP contribution in [0.3, 0.4) is 0 Å². The third-order valence-electron chi connectivity index (χ3n) is 3.25. The van der Waals surface area contributed by atoms with E-state index in [9.17, 15) is 4.79 Å². The lowest BCUT2D eigenvalue weighted by Crippen LogP contribution is -2.31. The molecule has 0 heterocycles. The Hall–Kier alpha value is -1.65. The Labute approximate surface area is 133 Å². The maximum atomic E-state index is 11.9. The van der Waals surface area contributed by atoms with Gasteiger partial charge in [-0.25, -0.2) is 0 Å². The van der Waals surface area contributed by atoms with Crippen LogP contribution >= 0.6 is 15.9 Å². The van der Waals surface area contributed by atoms with Gasteiger partial charge < -0.3 is 10.6 Å². The third kappa shape index (κ3) is 4.99. The number of amides is 1. The Bertz CT molecular complexity index is 569. The number of carbonyl (C=O) groups is 1. The molecule has 110 valence electrons. The second-order valence-corrected chi connectivity index (χ2v) is 5.72. The number of benzene rings is 2. The van der Waals surface area contributed by atoms with Crippen LogP contribution in [0.15, 0.2) is 59.1 Å². The normalized spacial score (nSPS) is 11.9. The zero-order valence-corrected chi connectivity index (χ0v) is 13.6. The van der Waals surface area contributed by atoms with Gasteiger partial charge in [0, 0.05) is 16.2 Å². The van der Waals surface area contributed by atoms with Crippen molar-refractivity contribution in [2.75, 3.05) is 11.9 Å². The number of para-hydroxylation sites is 1. The average molecular weight is 347 g/mol. The monoisotopic (exact) mass is 346 g/mol. The molecule has 21 heavy (non-hydrogen) atoms. The van der Waals surface area contributed by atoms with Crippen molar-refractivity contribution < 1.29 is 4.79 Å². The second kappa shape index (κ2) is 7.96. The summed E-state index contributed by atoms with van der Waals surface area (Å²) in [6.45, 7) is 2.40. The molecular weight excluding hydrogens is 328 g/mol. The quantitative estimate of drug-likeness (QED) is 0.825. The van der Waals surface area contributed by atoms with Crippen LogP contribution in [0.25, 0.3) is 0 Å². The summed E-state index contributed by atoms with van der Waals surface area (Å²) >= 11 is 3.43. The Morgan fingerprint density at radius 3 is 2.38 bits per heavy atom. The van der Waals surface area contributed by atoms with E-state index in [1.165, 1.54) is 5.56 Å². The molecule has 0 radical (unpaired) electrons. The molecule has 0 aromatic heterocycles. The number of halogens is 1. The Morgan fingerprint density at radius 2 is 1.76 bits per heavy atom. The average Bonchev–Trinajstić information content (AvgIpc) is 2.50. The Kier molecular flexibility index (Phi) is 5.96. The summed E-state index contributed by atoms with van der Waals surface area (Å²) in [5.41, 5.74) is 2.01. The van der Waals surface area contributed by atoms with Gasteiger partial charge >= 0.3 is 0 Å². The number of nitrogens with one attached hydrogen (secondary N) is 2. The number of hydrogen-bond acceptors (Lipinski definition) is 2. The molecule has 0 aliphatic carbocycles. The standard InChI is InChI=1S/C17H19BrN2O/c1-2-16(13-8-10-14(18)11-9-13)19-12-17(21)20-15-6-4-3-5-7-15/h3-11,16,19H,2,12H2,1H3,(H,20,21)/t16-/m1/s1. The van der Waals surface area contributed by atoms with E-state index in [0.717, 1.165) is 16.6 Å². The number of anilines is 1. The van der Waals surface area contributed by atoms with Crippen LogP contribution in [0.5, 0.6) is 0 Å². The molecular formula is C17H19BrN2O. The van der Waals surface area contributed by atoms with Crippen LogP contribution < -0.4 is 10.6 Å². The molecule has 0 saturated carbocycles. The van der Waals surface area contributed by atoms with Gasteiger partial charge in [0.15, 0.2) is 0 Å². The molecule has 2 rings (SSSR count). The van der Waals surface area contributed by atoms with E-state index >= 15 is 0 Å². The molecule has 4 heteroatoms. The largest absolute Gasteiger partial charge is 0.325 e. The number of rotatable bonds is 6. The molecule has 0 aliphatic rings. The van der Waals surface area contributed by atoms with Crippen molar-refractivity contribution in [3.05, 3.63) is 64.6 Å². The highest BCUT2D eigenvalue weighted by molar-refractivity contribution is 9.10. The highest BCUT2D eigenvalue weighted by Crippen LogP contribution is 2.19. The van der Waals surface area contributed by atoms with Crippen molar-refractivity contribution in [3.8, 4) is 0 Å². The van der Waals surface area contributed by atoms with E-state index in [1.807, 2.05) is 42.5 Å². The lowest BCUT2D eigenvalue weighted by Gasteiger charge is -2.17. The van der Waals surface area contributed by atoms with Crippen molar-refractivity contribution in [3.63, 3.8) is 0 Å². The summed E-state index contributed by atoms with van der Waals surface area (Å²) in [6, 6.07) is 17.8. The topological polar surface area (TPSA) is 41.1 Å².